The first kappa shape index (κ1) is 15.7. The lowest BCUT2D eigenvalue weighted by Crippen LogP contribution is -2.55. The molecule has 0 bridgehead atoms. The Morgan fingerprint density at radius 3 is 1.50 bits per heavy atom. The molecule has 98 valence electrons. The summed E-state index contributed by atoms with van der Waals surface area (Å²) in [6.45, 7) is 2.26. The lowest BCUT2D eigenvalue weighted by molar-refractivity contribution is -0.358. The van der Waals surface area contributed by atoms with E-state index in [1.807, 2.05) is 0 Å². The summed E-state index contributed by atoms with van der Waals surface area (Å²) in [5, 5.41) is 0. The van der Waals surface area contributed by atoms with Gasteiger partial charge < -0.3 is 4.43 Å². The highest BCUT2D eigenvalue weighted by molar-refractivity contribution is 6.69. The van der Waals surface area contributed by atoms with Gasteiger partial charge in [-0.1, -0.05) is 0 Å². The monoisotopic (exact) mass is 272 g/mol. The molecule has 0 rings (SSSR count). The number of rotatable bonds is 4. The van der Waals surface area contributed by atoms with Crippen molar-refractivity contribution in [1.29, 1.82) is 0 Å². The maximum Gasteiger partial charge on any atom is 0.459 e. The predicted octanol–water partition coefficient (Wildman–Crippen LogP) is 3.67. The number of alkyl halides is 7. The maximum atomic E-state index is 12.7. The van der Waals surface area contributed by atoms with Crippen molar-refractivity contribution in [3.05, 3.63) is 0 Å². The van der Waals surface area contributed by atoms with Gasteiger partial charge in [-0.25, -0.2) is 0 Å². The summed E-state index contributed by atoms with van der Waals surface area (Å²) in [6, 6.07) is 0. The Balaban J connectivity index is 4.79. The number of hydrogen-bond acceptors (Lipinski definition) is 1. The number of halogens is 7. The summed E-state index contributed by atoms with van der Waals surface area (Å²) in [5.74, 6) is -11.3. The first-order valence-corrected chi connectivity index (χ1v) is 7.58. The lowest BCUT2D eigenvalue weighted by Gasteiger charge is -2.30. The molecule has 0 saturated heterocycles. The minimum absolute atomic E-state index is 1.40. The summed E-state index contributed by atoms with van der Waals surface area (Å²) >= 11 is 0. The lowest BCUT2D eigenvalue weighted by atomic mass is 10.2. The molecule has 0 spiro atoms. The van der Waals surface area contributed by atoms with Crippen LogP contribution >= 0.6 is 0 Å². The fourth-order valence-electron chi connectivity index (χ4n) is 0.605. The Labute approximate surface area is 88.7 Å². The van der Waals surface area contributed by atoms with Crippen LogP contribution in [0.25, 0.3) is 0 Å². The Morgan fingerprint density at radius 2 is 1.25 bits per heavy atom. The van der Waals surface area contributed by atoms with Crippen molar-refractivity contribution < 1.29 is 35.2 Å². The third-order valence-corrected chi connectivity index (χ3v) is 2.51. The zero-order valence-electron chi connectivity index (χ0n) is 8.76. The normalized spacial score (nSPS) is 15.4. The molecule has 0 aliphatic rings. The zero-order valence-corrected chi connectivity index (χ0v) is 9.76. The Hall–Kier alpha value is -0.313. The highest BCUT2D eigenvalue weighted by Crippen LogP contribution is 2.46. The summed E-state index contributed by atoms with van der Waals surface area (Å²) in [5.41, 5.74) is 0. The summed E-state index contributed by atoms with van der Waals surface area (Å²) in [6.07, 6.45) is -6.29. The van der Waals surface area contributed by atoms with Gasteiger partial charge in [-0.2, -0.15) is 30.7 Å². The van der Waals surface area contributed by atoms with Gasteiger partial charge in [0.25, 0.3) is 0 Å². The molecule has 0 amide bonds. The molecule has 0 aromatic rings. The van der Waals surface area contributed by atoms with Crippen LogP contribution in [0.3, 0.4) is 0 Å². The molecule has 0 N–H and O–H groups in total. The smallest absolute Gasteiger partial charge is 0.411 e. The van der Waals surface area contributed by atoms with Crippen molar-refractivity contribution in [2.75, 3.05) is 6.61 Å². The molecule has 0 atom stereocenters. The molecular weight excluding hydrogens is 261 g/mol. The predicted molar refractivity (Wildman–Crippen MR) is 45.2 cm³/mol. The van der Waals surface area contributed by atoms with E-state index in [-0.39, 0.29) is 0 Å². The average Bonchev–Trinajstić information content (AvgIpc) is 1.97. The third-order valence-electron chi connectivity index (χ3n) is 1.50. The van der Waals surface area contributed by atoms with Gasteiger partial charge in [0.1, 0.15) is 6.61 Å². The van der Waals surface area contributed by atoms with Crippen molar-refractivity contribution in [2.45, 2.75) is 37.7 Å². The van der Waals surface area contributed by atoms with Crippen LogP contribution in [-0.4, -0.2) is 32.9 Å². The Morgan fingerprint density at radius 1 is 0.875 bits per heavy atom. The SMILES string of the molecule is C[Si](C)(C)OCC(F)(F)C(F)(F)C(F)(F)F. The minimum atomic E-state index is -6.29. The maximum absolute atomic E-state index is 12.7. The molecule has 0 aromatic heterocycles. The molecule has 0 aliphatic heterocycles. The van der Waals surface area contributed by atoms with Gasteiger partial charge in [-0.3, -0.25) is 0 Å². The summed E-state index contributed by atoms with van der Waals surface area (Å²) < 4.78 is 89.4. The van der Waals surface area contributed by atoms with E-state index < -0.39 is 32.9 Å². The van der Waals surface area contributed by atoms with E-state index in [9.17, 15) is 30.7 Å². The van der Waals surface area contributed by atoms with Gasteiger partial charge in [0.05, 0.1) is 0 Å². The summed E-state index contributed by atoms with van der Waals surface area (Å²) in [7, 11) is -2.59. The van der Waals surface area contributed by atoms with Crippen LogP contribution in [0.1, 0.15) is 0 Å². The summed E-state index contributed by atoms with van der Waals surface area (Å²) in [4.78, 5) is 0. The van der Waals surface area contributed by atoms with Crippen molar-refractivity contribution in [3.8, 4) is 0 Å². The largest absolute Gasteiger partial charge is 0.459 e. The van der Waals surface area contributed by atoms with Gasteiger partial charge in [0.15, 0.2) is 8.32 Å². The van der Waals surface area contributed by atoms with E-state index in [0.29, 0.717) is 0 Å². The fourth-order valence-corrected chi connectivity index (χ4v) is 1.22. The molecule has 0 heterocycles. The molecule has 9 heteroatoms. The van der Waals surface area contributed by atoms with Crippen LogP contribution in [0.2, 0.25) is 19.6 Å². The highest BCUT2D eigenvalue weighted by Gasteiger charge is 2.73. The molecular formula is C7H11F7OSi. The van der Waals surface area contributed by atoms with Crippen LogP contribution < -0.4 is 0 Å². The second-order valence-corrected chi connectivity index (χ2v) is 8.69. The van der Waals surface area contributed by atoms with Crippen molar-refractivity contribution in [1.82, 2.24) is 0 Å². The fraction of sp³-hybridized carbons (Fsp3) is 1.00. The van der Waals surface area contributed by atoms with Crippen LogP contribution in [0.4, 0.5) is 30.7 Å². The zero-order chi connectivity index (χ0) is 13.4. The van der Waals surface area contributed by atoms with Gasteiger partial charge in [-0.15, -0.1) is 0 Å². The number of hydrogen-bond donors (Lipinski definition) is 0. The molecule has 1 nitrogen and oxygen atoms in total. The third kappa shape index (κ3) is 3.61. The Kier molecular flexibility index (Phi) is 4.09. The quantitative estimate of drug-likeness (QED) is 0.560. The van der Waals surface area contributed by atoms with E-state index in [1.54, 1.807) is 0 Å². The van der Waals surface area contributed by atoms with Crippen LogP contribution in [0, 0.1) is 0 Å². The van der Waals surface area contributed by atoms with Gasteiger partial charge in [0, 0.05) is 0 Å². The topological polar surface area (TPSA) is 9.23 Å². The van der Waals surface area contributed by atoms with Crippen LogP contribution in [0.5, 0.6) is 0 Å². The standard InChI is InChI=1S/C7H11F7OSi/c1-16(2,3)15-4-5(8,9)6(10,11)7(12,13)14/h4H2,1-3H3. The highest BCUT2D eigenvalue weighted by atomic mass is 28.4. The van der Waals surface area contributed by atoms with E-state index in [4.69, 9.17) is 0 Å². The van der Waals surface area contributed by atoms with E-state index in [2.05, 4.69) is 4.43 Å². The van der Waals surface area contributed by atoms with Gasteiger partial charge in [0.2, 0.25) is 0 Å². The van der Waals surface area contributed by atoms with Crippen molar-refractivity contribution >= 4 is 8.32 Å². The van der Waals surface area contributed by atoms with Gasteiger partial charge >= 0.3 is 18.0 Å². The van der Waals surface area contributed by atoms with E-state index in [0.717, 1.165) is 0 Å². The molecule has 0 saturated carbocycles. The Bertz CT molecular complexity index is 242. The molecule has 0 aromatic carbocycles. The van der Waals surface area contributed by atoms with Crippen molar-refractivity contribution in [2.24, 2.45) is 0 Å². The van der Waals surface area contributed by atoms with Crippen LogP contribution in [0.15, 0.2) is 0 Å². The molecule has 0 fully saturated rings. The van der Waals surface area contributed by atoms with Crippen molar-refractivity contribution in [3.63, 3.8) is 0 Å². The minimum Gasteiger partial charge on any atom is -0.411 e. The first-order chi connectivity index (χ1) is 6.71. The molecule has 0 radical (unpaired) electrons. The van der Waals surface area contributed by atoms with Crippen LogP contribution in [-0.2, 0) is 4.43 Å². The second kappa shape index (κ2) is 4.17. The first-order valence-electron chi connectivity index (χ1n) is 4.17. The molecule has 16 heavy (non-hydrogen) atoms. The van der Waals surface area contributed by atoms with E-state index >= 15 is 0 Å². The average molecular weight is 272 g/mol. The molecule has 0 unspecified atom stereocenters. The second-order valence-electron chi connectivity index (χ2n) is 4.18. The molecule has 0 aliphatic carbocycles. The van der Waals surface area contributed by atoms with Gasteiger partial charge in [-0.05, 0) is 19.6 Å². The van der Waals surface area contributed by atoms with E-state index in [1.165, 1.54) is 19.6 Å².